The maximum atomic E-state index is 13.0. The largest absolute Gasteiger partial charge is 0.335 e. The molecule has 1 aromatic heterocycles. The number of fused-ring (bicyclic) bond motifs is 1. The van der Waals surface area contributed by atoms with E-state index in [1.54, 1.807) is 23.1 Å². The highest BCUT2D eigenvalue weighted by atomic mass is 35.5. The van der Waals surface area contributed by atoms with Crippen LogP contribution in [0.4, 0.5) is 4.39 Å². The second-order valence-corrected chi connectivity index (χ2v) is 7.20. The van der Waals surface area contributed by atoms with Gasteiger partial charge in [0.05, 0.1) is 12.1 Å². The molecular formula is C20H18ClFN4O2. The van der Waals surface area contributed by atoms with E-state index in [9.17, 15) is 14.0 Å². The summed E-state index contributed by atoms with van der Waals surface area (Å²) < 4.78 is 13.0. The van der Waals surface area contributed by atoms with Crippen LogP contribution in [0.15, 0.2) is 42.5 Å². The second-order valence-electron chi connectivity index (χ2n) is 6.76. The average molecular weight is 401 g/mol. The van der Waals surface area contributed by atoms with Crippen LogP contribution in [-0.2, 0) is 0 Å². The predicted octanol–water partition coefficient (Wildman–Crippen LogP) is 3.00. The number of carbonyl (C=O) groups excluding carboxylic acids is 2. The molecule has 1 aliphatic rings. The molecule has 8 heteroatoms. The van der Waals surface area contributed by atoms with E-state index in [0.717, 1.165) is 5.52 Å². The lowest BCUT2D eigenvalue weighted by molar-refractivity contribution is 0.0621. The lowest BCUT2D eigenvalue weighted by atomic mass is 10.1. The van der Waals surface area contributed by atoms with E-state index >= 15 is 0 Å². The molecule has 0 aliphatic carbocycles. The number of rotatable bonds is 4. The first kappa shape index (κ1) is 18.6. The monoisotopic (exact) mass is 400 g/mol. The Balaban J connectivity index is 1.38. The Kier molecular flexibility index (Phi) is 5.11. The van der Waals surface area contributed by atoms with Crippen molar-refractivity contribution in [3.8, 4) is 0 Å². The Bertz CT molecular complexity index is 1030. The van der Waals surface area contributed by atoms with Crippen LogP contribution in [0.25, 0.3) is 10.9 Å². The third-order valence-corrected chi connectivity index (χ3v) is 5.16. The Morgan fingerprint density at radius 1 is 1.07 bits per heavy atom. The zero-order valence-corrected chi connectivity index (χ0v) is 15.7. The minimum absolute atomic E-state index is 0.0623. The minimum Gasteiger partial charge on any atom is -0.335 e. The number of nitrogens with one attached hydrogen (secondary N) is 1. The predicted molar refractivity (Wildman–Crippen MR) is 104 cm³/mol. The van der Waals surface area contributed by atoms with Crippen LogP contribution >= 0.6 is 11.6 Å². The Morgan fingerprint density at radius 3 is 2.50 bits per heavy atom. The van der Waals surface area contributed by atoms with E-state index in [2.05, 4.69) is 10.2 Å². The molecule has 0 unspecified atom stereocenters. The summed E-state index contributed by atoms with van der Waals surface area (Å²) in [5, 5.41) is 8.26. The molecule has 1 N–H and O–H groups in total. The summed E-state index contributed by atoms with van der Waals surface area (Å²) in [5.41, 5.74) is 1.60. The molecule has 0 saturated carbocycles. The van der Waals surface area contributed by atoms with E-state index < -0.39 is 0 Å². The number of piperazine rings is 1. The van der Waals surface area contributed by atoms with Gasteiger partial charge in [-0.2, -0.15) is 5.10 Å². The fourth-order valence-electron chi connectivity index (χ4n) is 3.34. The molecule has 1 saturated heterocycles. The SMILES string of the molecule is O=C(CN1CCN(C(=O)c2n[nH]c3ccc(Cl)cc23)CC1)c1ccc(F)cc1. The highest BCUT2D eigenvalue weighted by molar-refractivity contribution is 6.31. The zero-order chi connectivity index (χ0) is 19.7. The summed E-state index contributed by atoms with van der Waals surface area (Å²) in [5.74, 6) is -0.582. The highest BCUT2D eigenvalue weighted by Gasteiger charge is 2.26. The highest BCUT2D eigenvalue weighted by Crippen LogP contribution is 2.22. The van der Waals surface area contributed by atoms with Crippen LogP contribution in [0.1, 0.15) is 20.8 Å². The minimum atomic E-state index is -0.365. The van der Waals surface area contributed by atoms with Crippen molar-refractivity contribution in [1.29, 1.82) is 0 Å². The number of H-pyrrole nitrogens is 1. The number of carbonyl (C=O) groups is 2. The Labute approximate surface area is 165 Å². The molecule has 28 heavy (non-hydrogen) atoms. The summed E-state index contributed by atoms with van der Waals surface area (Å²) in [4.78, 5) is 28.9. The van der Waals surface area contributed by atoms with E-state index in [1.165, 1.54) is 24.3 Å². The average Bonchev–Trinajstić information content (AvgIpc) is 3.11. The van der Waals surface area contributed by atoms with E-state index in [1.807, 2.05) is 4.90 Å². The lowest BCUT2D eigenvalue weighted by Crippen LogP contribution is -2.50. The maximum Gasteiger partial charge on any atom is 0.275 e. The molecule has 2 aromatic carbocycles. The van der Waals surface area contributed by atoms with Crippen molar-refractivity contribution in [2.45, 2.75) is 0 Å². The summed E-state index contributed by atoms with van der Waals surface area (Å²) in [6, 6.07) is 10.8. The van der Waals surface area contributed by atoms with Gasteiger partial charge in [-0.25, -0.2) is 4.39 Å². The number of hydrogen-bond acceptors (Lipinski definition) is 4. The van der Waals surface area contributed by atoms with Gasteiger partial charge in [0.15, 0.2) is 11.5 Å². The van der Waals surface area contributed by atoms with E-state index in [-0.39, 0.29) is 24.1 Å². The van der Waals surface area contributed by atoms with Gasteiger partial charge in [0.2, 0.25) is 0 Å². The van der Waals surface area contributed by atoms with Crippen LogP contribution < -0.4 is 0 Å². The van der Waals surface area contributed by atoms with Gasteiger partial charge in [-0.05, 0) is 42.5 Å². The molecule has 1 amide bonds. The normalized spacial score (nSPS) is 15.1. The van der Waals surface area contributed by atoms with Crippen molar-refractivity contribution in [2.24, 2.45) is 0 Å². The van der Waals surface area contributed by atoms with Crippen LogP contribution in [0, 0.1) is 5.82 Å². The van der Waals surface area contributed by atoms with Gasteiger partial charge >= 0.3 is 0 Å². The molecule has 2 heterocycles. The number of amides is 1. The number of benzene rings is 2. The first-order valence-electron chi connectivity index (χ1n) is 8.95. The van der Waals surface area contributed by atoms with Gasteiger partial charge < -0.3 is 4.90 Å². The van der Waals surface area contributed by atoms with Crippen molar-refractivity contribution in [3.05, 3.63) is 64.6 Å². The van der Waals surface area contributed by atoms with Crippen LogP contribution in [0.3, 0.4) is 0 Å². The number of hydrogen-bond donors (Lipinski definition) is 1. The number of halogens is 2. The van der Waals surface area contributed by atoms with Gasteiger partial charge in [-0.15, -0.1) is 0 Å². The molecule has 1 aliphatic heterocycles. The smallest absolute Gasteiger partial charge is 0.275 e. The molecule has 4 rings (SSSR count). The third kappa shape index (κ3) is 3.76. The van der Waals surface area contributed by atoms with Crippen LogP contribution in [-0.4, -0.2) is 64.4 Å². The van der Waals surface area contributed by atoms with E-state index in [4.69, 9.17) is 11.6 Å². The number of aromatic amines is 1. The van der Waals surface area contributed by atoms with Crippen molar-refractivity contribution in [2.75, 3.05) is 32.7 Å². The van der Waals surface area contributed by atoms with Crippen molar-refractivity contribution in [3.63, 3.8) is 0 Å². The molecule has 144 valence electrons. The molecule has 0 spiro atoms. The molecule has 0 radical (unpaired) electrons. The number of aromatic nitrogens is 2. The van der Waals surface area contributed by atoms with Gasteiger partial charge in [0.1, 0.15) is 5.82 Å². The quantitative estimate of drug-likeness (QED) is 0.683. The molecule has 0 bridgehead atoms. The van der Waals surface area contributed by atoms with Crippen molar-refractivity contribution < 1.29 is 14.0 Å². The zero-order valence-electron chi connectivity index (χ0n) is 15.0. The molecule has 6 nitrogen and oxygen atoms in total. The summed E-state index contributed by atoms with van der Waals surface area (Å²) >= 11 is 6.04. The molecule has 0 atom stereocenters. The van der Waals surface area contributed by atoms with Gasteiger partial charge in [0.25, 0.3) is 5.91 Å². The summed E-state index contributed by atoms with van der Waals surface area (Å²) in [7, 11) is 0. The first-order chi connectivity index (χ1) is 13.5. The molecule has 3 aromatic rings. The molecular weight excluding hydrogens is 383 g/mol. The number of nitrogens with zero attached hydrogens (tertiary/aromatic N) is 3. The van der Waals surface area contributed by atoms with Gasteiger partial charge in [-0.1, -0.05) is 11.6 Å². The van der Waals surface area contributed by atoms with Gasteiger partial charge in [-0.3, -0.25) is 19.6 Å². The first-order valence-corrected chi connectivity index (χ1v) is 9.33. The molecule has 1 fully saturated rings. The van der Waals surface area contributed by atoms with Crippen LogP contribution in [0.5, 0.6) is 0 Å². The number of ketones is 1. The third-order valence-electron chi connectivity index (χ3n) is 4.92. The standard InChI is InChI=1S/C20H18ClFN4O2/c21-14-3-6-17-16(11-14)19(24-23-17)20(28)26-9-7-25(8-10-26)12-18(27)13-1-4-15(22)5-2-13/h1-6,11H,7-10,12H2,(H,23,24). The van der Waals surface area contributed by atoms with Crippen LogP contribution in [0.2, 0.25) is 5.02 Å². The fourth-order valence-corrected chi connectivity index (χ4v) is 3.51. The Hall–Kier alpha value is -2.77. The topological polar surface area (TPSA) is 69.3 Å². The second kappa shape index (κ2) is 7.69. The summed E-state index contributed by atoms with van der Waals surface area (Å²) in [6.45, 7) is 2.42. The van der Waals surface area contributed by atoms with Crippen molar-refractivity contribution in [1.82, 2.24) is 20.0 Å². The van der Waals surface area contributed by atoms with E-state index in [0.29, 0.717) is 47.8 Å². The lowest BCUT2D eigenvalue weighted by Gasteiger charge is -2.34. The summed E-state index contributed by atoms with van der Waals surface area (Å²) in [6.07, 6.45) is 0. The van der Waals surface area contributed by atoms with Crippen molar-refractivity contribution >= 4 is 34.2 Å². The Morgan fingerprint density at radius 2 is 1.79 bits per heavy atom. The number of Topliss-reactive ketones (excluding diaryl/α,β-unsaturated/α-hetero) is 1. The van der Waals surface area contributed by atoms with Gasteiger partial charge in [0, 0.05) is 42.2 Å². The fraction of sp³-hybridized carbons (Fsp3) is 0.250. The maximum absolute atomic E-state index is 13.0.